The van der Waals surface area contributed by atoms with E-state index in [0.717, 1.165) is 19.4 Å². The molecule has 1 aliphatic carbocycles. The van der Waals surface area contributed by atoms with Gasteiger partial charge in [0.1, 0.15) is 0 Å². The van der Waals surface area contributed by atoms with Crippen LogP contribution in [0.15, 0.2) is 22.3 Å². The van der Waals surface area contributed by atoms with Crippen LogP contribution in [0.2, 0.25) is 0 Å². The molecule has 0 heterocycles. The Kier molecular flexibility index (Phi) is 13.8. The molecule has 1 aliphatic rings. The minimum atomic E-state index is 0. The molecular formula is C19H34CrN. The fraction of sp³-hybridized carbons (Fsp3) is 0.632. The minimum absolute atomic E-state index is 0. The summed E-state index contributed by atoms with van der Waals surface area (Å²) in [5.74, 6) is 1.48. The van der Waals surface area contributed by atoms with E-state index in [-0.39, 0.29) is 17.4 Å². The molecule has 1 rings (SSSR count). The van der Waals surface area contributed by atoms with Gasteiger partial charge in [-0.2, -0.15) is 12.8 Å². The molecule has 0 aromatic heterocycles. The van der Waals surface area contributed by atoms with Crippen LogP contribution >= 0.6 is 0 Å². The maximum atomic E-state index is 3.70. The van der Waals surface area contributed by atoms with E-state index in [1.165, 1.54) is 41.9 Å². The van der Waals surface area contributed by atoms with E-state index in [4.69, 9.17) is 0 Å². The second-order valence-corrected chi connectivity index (χ2v) is 5.95. The van der Waals surface area contributed by atoms with Gasteiger partial charge in [-0.05, 0) is 52.4 Å². The summed E-state index contributed by atoms with van der Waals surface area (Å²) in [6, 6.07) is 0. The van der Waals surface area contributed by atoms with Gasteiger partial charge >= 0.3 is 17.4 Å². The van der Waals surface area contributed by atoms with Crippen molar-refractivity contribution in [3.63, 3.8) is 0 Å². The van der Waals surface area contributed by atoms with Crippen LogP contribution in [0.25, 0.3) is 0 Å². The second kappa shape index (κ2) is 12.5. The number of nitrogens with zero attached hydrogens (tertiary/aromatic N) is 1. The first kappa shape index (κ1) is 23.2. The van der Waals surface area contributed by atoms with Crippen LogP contribution in [0, 0.1) is 19.8 Å². The van der Waals surface area contributed by atoms with Crippen molar-refractivity contribution in [2.75, 3.05) is 20.6 Å². The standard InChI is InChI=1S/C13H22N.C6H12.Cr/c1-9-10(2)12(4)13(11(9)3)7-8-14(5)6;1-3-5-6-4-2;/h7-8H2,1-6H3;1-6H2;/q;-2;+2. The van der Waals surface area contributed by atoms with Crippen molar-refractivity contribution in [1.82, 2.24) is 4.90 Å². The number of hydrogen-bond acceptors (Lipinski definition) is 1. The Hall–Kier alpha value is -0.0275. The zero-order valence-electron chi connectivity index (χ0n) is 15.0. The van der Waals surface area contributed by atoms with Crippen LogP contribution in [-0.4, -0.2) is 25.5 Å². The molecule has 0 saturated carbocycles. The molecule has 0 N–H and O–H groups in total. The van der Waals surface area contributed by atoms with E-state index in [1.54, 1.807) is 5.57 Å². The molecule has 0 amide bonds. The Morgan fingerprint density at radius 2 is 1.29 bits per heavy atom. The molecule has 0 atom stereocenters. The van der Waals surface area contributed by atoms with E-state index in [0.29, 0.717) is 0 Å². The molecule has 2 heteroatoms. The molecule has 0 fully saturated rings. The van der Waals surface area contributed by atoms with Gasteiger partial charge in [0, 0.05) is 12.5 Å². The SMILES string of the molecule is C[C]1C(C)=C(C)C(CCN(C)C)=C1C.[CH2-]CCCC[CH2-].[Cr+2]. The molecule has 21 heavy (non-hydrogen) atoms. The first-order chi connectivity index (χ1) is 9.36. The Balaban J connectivity index is 0. The van der Waals surface area contributed by atoms with Crippen molar-refractivity contribution in [3.8, 4) is 0 Å². The first-order valence-electron chi connectivity index (χ1n) is 7.81. The second-order valence-electron chi connectivity index (χ2n) is 5.95. The van der Waals surface area contributed by atoms with Gasteiger partial charge < -0.3 is 18.7 Å². The van der Waals surface area contributed by atoms with Gasteiger partial charge in [-0.15, -0.1) is 0 Å². The average Bonchev–Trinajstić information content (AvgIpc) is 2.59. The topological polar surface area (TPSA) is 3.24 Å². The molecule has 0 aliphatic heterocycles. The molecule has 0 saturated heterocycles. The largest absolute Gasteiger partial charge is 2.00 e. The van der Waals surface area contributed by atoms with Crippen LogP contribution < -0.4 is 0 Å². The molecule has 0 spiro atoms. The summed E-state index contributed by atoms with van der Waals surface area (Å²) in [5.41, 5.74) is 6.05. The third-order valence-corrected chi connectivity index (χ3v) is 4.15. The summed E-state index contributed by atoms with van der Waals surface area (Å²) < 4.78 is 0. The number of allylic oxidation sites excluding steroid dienone is 3. The predicted octanol–water partition coefficient (Wildman–Crippen LogP) is 5.41. The third kappa shape index (κ3) is 8.24. The van der Waals surface area contributed by atoms with Crippen molar-refractivity contribution >= 4 is 0 Å². The van der Waals surface area contributed by atoms with Gasteiger partial charge in [0.05, 0.1) is 0 Å². The maximum absolute atomic E-state index is 3.70. The monoisotopic (exact) mass is 328 g/mol. The zero-order chi connectivity index (χ0) is 15.7. The molecule has 121 valence electrons. The summed E-state index contributed by atoms with van der Waals surface area (Å²) in [4.78, 5) is 2.25. The predicted molar refractivity (Wildman–Crippen MR) is 92.3 cm³/mol. The molecule has 1 radical (unpaired) electrons. The van der Waals surface area contributed by atoms with E-state index < -0.39 is 0 Å². The summed E-state index contributed by atoms with van der Waals surface area (Å²) in [5, 5.41) is 0. The fourth-order valence-corrected chi connectivity index (χ4v) is 2.36. The van der Waals surface area contributed by atoms with E-state index >= 15 is 0 Å². The van der Waals surface area contributed by atoms with E-state index in [2.05, 4.69) is 60.5 Å². The Morgan fingerprint density at radius 1 is 0.810 bits per heavy atom. The van der Waals surface area contributed by atoms with Crippen molar-refractivity contribution in [2.24, 2.45) is 0 Å². The fourth-order valence-electron chi connectivity index (χ4n) is 2.36. The van der Waals surface area contributed by atoms with Crippen molar-refractivity contribution in [3.05, 3.63) is 42.1 Å². The third-order valence-electron chi connectivity index (χ3n) is 4.15. The number of hydrogen-bond donors (Lipinski definition) is 0. The Morgan fingerprint density at radius 3 is 1.57 bits per heavy atom. The minimum Gasteiger partial charge on any atom is -0.343 e. The van der Waals surface area contributed by atoms with Gasteiger partial charge in [0.15, 0.2) is 0 Å². The average molecular weight is 328 g/mol. The number of rotatable bonds is 6. The Bertz CT molecular complexity index is 335. The van der Waals surface area contributed by atoms with Crippen molar-refractivity contribution < 1.29 is 17.4 Å². The summed E-state index contributed by atoms with van der Waals surface area (Å²) in [6.07, 6.45) is 5.79. The summed E-state index contributed by atoms with van der Waals surface area (Å²) in [7, 11) is 4.26. The van der Waals surface area contributed by atoms with E-state index in [1.807, 2.05) is 0 Å². The van der Waals surface area contributed by atoms with Crippen LogP contribution in [0.3, 0.4) is 0 Å². The van der Waals surface area contributed by atoms with Crippen LogP contribution in [0.1, 0.15) is 59.8 Å². The molecule has 0 aromatic rings. The molecule has 0 aromatic carbocycles. The van der Waals surface area contributed by atoms with Crippen molar-refractivity contribution in [1.29, 1.82) is 0 Å². The molecule has 0 bridgehead atoms. The molecule has 1 nitrogen and oxygen atoms in total. The van der Waals surface area contributed by atoms with Gasteiger partial charge in [-0.3, -0.25) is 0 Å². The molecular weight excluding hydrogens is 294 g/mol. The maximum Gasteiger partial charge on any atom is 2.00 e. The summed E-state index contributed by atoms with van der Waals surface area (Å²) >= 11 is 0. The molecule has 0 unspecified atom stereocenters. The Labute approximate surface area is 145 Å². The zero-order valence-corrected chi connectivity index (χ0v) is 16.3. The van der Waals surface area contributed by atoms with Crippen LogP contribution in [-0.2, 0) is 17.4 Å². The van der Waals surface area contributed by atoms with Crippen LogP contribution in [0.5, 0.6) is 0 Å². The normalized spacial score (nSPS) is 15.3. The van der Waals surface area contributed by atoms with E-state index in [9.17, 15) is 0 Å². The first-order valence-corrected chi connectivity index (χ1v) is 7.81. The number of unbranched alkanes of at least 4 members (excludes halogenated alkanes) is 3. The smallest absolute Gasteiger partial charge is 0.343 e. The van der Waals surface area contributed by atoms with Crippen molar-refractivity contribution in [2.45, 2.75) is 59.8 Å². The van der Waals surface area contributed by atoms with Crippen LogP contribution in [0.4, 0.5) is 0 Å². The van der Waals surface area contributed by atoms with Gasteiger partial charge in [0.25, 0.3) is 0 Å². The summed E-state index contributed by atoms with van der Waals surface area (Å²) in [6.45, 7) is 17.5. The quantitative estimate of drug-likeness (QED) is 0.465. The van der Waals surface area contributed by atoms with Gasteiger partial charge in [0.2, 0.25) is 0 Å². The van der Waals surface area contributed by atoms with Gasteiger partial charge in [-0.25, -0.2) is 0 Å². The van der Waals surface area contributed by atoms with Gasteiger partial charge in [-0.1, -0.05) is 30.9 Å².